The molecule has 2 aromatic heterocycles. The highest BCUT2D eigenvalue weighted by Crippen LogP contribution is 2.44. The Hall–Kier alpha value is -2.18. The number of nitrogens with one attached hydrogen (secondary N) is 1. The van der Waals surface area contributed by atoms with Gasteiger partial charge in [0.15, 0.2) is 29.0 Å². The molecule has 4 atom stereocenters. The molecule has 3 aromatic rings. The van der Waals surface area contributed by atoms with Gasteiger partial charge in [0.05, 0.1) is 9.72 Å². The minimum Gasteiger partial charge on any atom is -0.345 e. The summed E-state index contributed by atoms with van der Waals surface area (Å²) in [5, 5.41) is 2.81. The van der Waals surface area contributed by atoms with Crippen LogP contribution in [0, 0.1) is 0 Å². The monoisotopic (exact) mass is 563 g/mol. The van der Waals surface area contributed by atoms with Crippen molar-refractivity contribution in [2.24, 2.45) is 0 Å². The summed E-state index contributed by atoms with van der Waals surface area (Å²) in [5.41, 5.74) is 1.49. The minimum absolute atomic E-state index is 0.279. The SMILES string of the molecule is CC1(C)O[C@@H]2[C@H](O1)[C@@H](C=C(Br)Br)O[C@H]2n1cnc2c(NC(=O)c3ccccc3)ncnc21. The molecule has 0 bridgehead atoms. The second-order valence-electron chi connectivity index (χ2n) is 7.88. The standard InChI is InChI=1S/C21H19Br2N5O4/c1-21(2)31-15-12(8-13(22)23)30-20(16(15)32-21)28-10-26-14-17(24-9-25-18(14)28)27-19(29)11-6-4-3-5-7-11/h3-10,12,15-16,20H,1-2H3,(H,24,25,27,29)/t12-,15-,16-,20-/m1/s1. The fourth-order valence-corrected chi connectivity index (χ4v) is 4.51. The molecule has 2 fully saturated rings. The van der Waals surface area contributed by atoms with E-state index in [2.05, 4.69) is 52.1 Å². The number of carbonyl (C=O) groups is 1. The van der Waals surface area contributed by atoms with Gasteiger partial charge in [-0.25, -0.2) is 15.0 Å². The van der Waals surface area contributed by atoms with E-state index in [0.29, 0.717) is 22.5 Å². The highest BCUT2D eigenvalue weighted by molar-refractivity contribution is 9.28. The lowest BCUT2D eigenvalue weighted by Gasteiger charge is -2.24. The summed E-state index contributed by atoms with van der Waals surface area (Å²) < 4.78 is 21.1. The first-order chi connectivity index (χ1) is 15.3. The van der Waals surface area contributed by atoms with Crippen LogP contribution in [0.15, 0.2) is 52.5 Å². The van der Waals surface area contributed by atoms with Gasteiger partial charge in [-0.3, -0.25) is 9.36 Å². The Morgan fingerprint density at radius 2 is 1.88 bits per heavy atom. The maximum atomic E-state index is 12.6. The van der Waals surface area contributed by atoms with Gasteiger partial charge in [-0.2, -0.15) is 0 Å². The van der Waals surface area contributed by atoms with Crippen LogP contribution in [-0.2, 0) is 14.2 Å². The van der Waals surface area contributed by atoms with Crippen molar-refractivity contribution in [1.82, 2.24) is 19.5 Å². The van der Waals surface area contributed by atoms with Crippen molar-refractivity contribution in [2.45, 2.75) is 44.2 Å². The molecule has 5 rings (SSSR count). The Kier molecular flexibility index (Phi) is 5.62. The molecule has 1 aromatic carbocycles. The van der Waals surface area contributed by atoms with Crippen molar-refractivity contribution in [2.75, 3.05) is 5.32 Å². The van der Waals surface area contributed by atoms with E-state index in [1.165, 1.54) is 6.33 Å². The Morgan fingerprint density at radius 3 is 2.62 bits per heavy atom. The molecule has 0 unspecified atom stereocenters. The fraction of sp³-hybridized carbons (Fsp3) is 0.333. The molecule has 4 heterocycles. The molecule has 166 valence electrons. The zero-order valence-corrected chi connectivity index (χ0v) is 20.3. The lowest BCUT2D eigenvalue weighted by molar-refractivity contribution is -0.191. The lowest BCUT2D eigenvalue weighted by atomic mass is 10.1. The molecule has 1 amide bonds. The molecule has 0 radical (unpaired) electrons. The van der Waals surface area contributed by atoms with Crippen LogP contribution in [-0.4, -0.2) is 49.5 Å². The van der Waals surface area contributed by atoms with Crippen molar-refractivity contribution in [3.8, 4) is 0 Å². The molecule has 1 N–H and O–H groups in total. The van der Waals surface area contributed by atoms with Gasteiger partial charge in [0.2, 0.25) is 0 Å². The molecule has 2 aliphatic rings. The number of fused-ring (bicyclic) bond motifs is 2. The second-order valence-corrected chi connectivity index (χ2v) is 10.7. The third kappa shape index (κ3) is 3.99. The second kappa shape index (κ2) is 8.31. The average Bonchev–Trinajstić information content (AvgIpc) is 3.40. The van der Waals surface area contributed by atoms with Gasteiger partial charge in [-0.05, 0) is 63.9 Å². The van der Waals surface area contributed by atoms with Gasteiger partial charge < -0.3 is 19.5 Å². The highest BCUT2D eigenvalue weighted by Gasteiger charge is 2.55. The molecule has 9 nitrogen and oxygen atoms in total. The predicted octanol–water partition coefficient (Wildman–Crippen LogP) is 4.13. The van der Waals surface area contributed by atoms with Gasteiger partial charge >= 0.3 is 0 Å². The van der Waals surface area contributed by atoms with E-state index in [9.17, 15) is 4.79 Å². The Labute approximate surface area is 200 Å². The van der Waals surface area contributed by atoms with Crippen LogP contribution in [0.25, 0.3) is 11.2 Å². The first kappa shape index (κ1) is 21.7. The first-order valence-corrected chi connectivity index (χ1v) is 11.5. The average molecular weight is 565 g/mol. The zero-order valence-electron chi connectivity index (χ0n) is 17.1. The van der Waals surface area contributed by atoms with E-state index in [1.807, 2.05) is 26.0 Å². The predicted molar refractivity (Wildman–Crippen MR) is 123 cm³/mol. The Balaban J connectivity index is 1.48. The van der Waals surface area contributed by atoms with Crippen molar-refractivity contribution >= 4 is 54.7 Å². The van der Waals surface area contributed by atoms with E-state index in [0.717, 1.165) is 3.39 Å². The zero-order chi connectivity index (χ0) is 22.5. The number of hydrogen-bond donors (Lipinski definition) is 1. The van der Waals surface area contributed by atoms with Gasteiger partial charge in [0.1, 0.15) is 24.6 Å². The van der Waals surface area contributed by atoms with Crippen molar-refractivity contribution in [3.05, 3.63) is 58.0 Å². The van der Waals surface area contributed by atoms with Crippen LogP contribution < -0.4 is 5.32 Å². The first-order valence-electron chi connectivity index (χ1n) is 9.90. The third-order valence-corrected chi connectivity index (χ3v) is 5.78. The highest BCUT2D eigenvalue weighted by atomic mass is 79.9. The number of anilines is 1. The summed E-state index contributed by atoms with van der Waals surface area (Å²) in [6.07, 6.45) is 3.32. The maximum Gasteiger partial charge on any atom is 0.256 e. The van der Waals surface area contributed by atoms with E-state index in [1.54, 1.807) is 35.2 Å². The van der Waals surface area contributed by atoms with Gasteiger partial charge in [-0.1, -0.05) is 18.2 Å². The molecule has 11 heteroatoms. The Morgan fingerprint density at radius 1 is 1.12 bits per heavy atom. The van der Waals surface area contributed by atoms with Crippen LogP contribution in [0.3, 0.4) is 0 Å². The topological polar surface area (TPSA) is 100 Å². The summed E-state index contributed by atoms with van der Waals surface area (Å²) in [6, 6.07) is 8.91. The summed E-state index contributed by atoms with van der Waals surface area (Å²) in [5.74, 6) is -0.706. The van der Waals surface area contributed by atoms with Gasteiger partial charge in [0, 0.05) is 5.56 Å². The molecule has 0 saturated carbocycles. The lowest BCUT2D eigenvalue weighted by Crippen LogP contribution is -2.28. The van der Waals surface area contributed by atoms with E-state index < -0.39 is 12.0 Å². The summed E-state index contributed by atoms with van der Waals surface area (Å²) in [6.45, 7) is 3.75. The number of hydrogen-bond acceptors (Lipinski definition) is 7. The minimum atomic E-state index is -0.748. The number of halogens is 2. The van der Waals surface area contributed by atoms with Gasteiger partial charge in [-0.15, -0.1) is 0 Å². The number of imidazole rings is 1. The van der Waals surface area contributed by atoms with Crippen LogP contribution in [0.5, 0.6) is 0 Å². The molecule has 32 heavy (non-hydrogen) atoms. The Bertz CT molecular complexity index is 1200. The molecule has 0 aliphatic carbocycles. The van der Waals surface area contributed by atoms with Crippen molar-refractivity contribution < 1.29 is 19.0 Å². The summed E-state index contributed by atoms with van der Waals surface area (Å²) >= 11 is 6.78. The number of ether oxygens (including phenoxy) is 3. The number of aromatic nitrogens is 4. The number of rotatable bonds is 4. The van der Waals surface area contributed by atoms with E-state index in [4.69, 9.17) is 14.2 Å². The smallest absolute Gasteiger partial charge is 0.256 e. The molecule has 0 spiro atoms. The quantitative estimate of drug-likeness (QED) is 0.508. The van der Waals surface area contributed by atoms with Crippen molar-refractivity contribution in [1.29, 1.82) is 0 Å². The molecule has 2 aliphatic heterocycles. The number of amides is 1. The number of carbonyl (C=O) groups excluding carboxylic acids is 1. The van der Waals surface area contributed by atoms with Crippen LogP contribution in [0.2, 0.25) is 0 Å². The third-order valence-electron chi connectivity index (χ3n) is 5.26. The number of benzene rings is 1. The van der Waals surface area contributed by atoms with Crippen LogP contribution in [0.1, 0.15) is 30.4 Å². The van der Waals surface area contributed by atoms with Crippen molar-refractivity contribution in [3.63, 3.8) is 0 Å². The number of nitrogens with zero attached hydrogens (tertiary/aromatic N) is 4. The fourth-order valence-electron chi connectivity index (χ4n) is 3.99. The summed E-state index contributed by atoms with van der Waals surface area (Å²) in [7, 11) is 0. The molecular weight excluding hydrogens is 546 g/mol. The van der Waals surface area contributed by atoms with Gasteiger partial charge in [0.25, 0.3) is 5.91 Å². The maximum absolute atomic E-state index is 12.6. The molecular formula is C21H19Br2N5O4. The summed E-state index contributed by atoms with van der Waals surface area (Å²) in [4.78, 5) is 25.7. The largest absolute Gasteiger partial charge is 0.345 e. The van der Waals surface area contributed by atoms with E-state index >= 15 is 0 Å². The van der Waals surface area contributed by atoms with E-state index in [-0.39, 0.29) is 24.2 Å². The molecule has 2 saturated heterocycles. The normalized spacial score (nSPS) is 26.1. The van der Waals surface area contributed by atoms with Crippen LogP contribution >= 0.6 is 31.9 Å². The van der Waals surface area contributed by atoms with Crippen LogP contribution in [0.4, 0.5) is 5.82 Å².